The number of hydrogen-bond acceptors (Lipinski definition) is 4. The summed E-state index contributed by atoms with van der Waals surface area (Å²) in [5.41, 5.74) is 2.62. The molecule has 1 aliphatic heterocycles. The molecule has 1 unspecified atom stereocenters. The number of aromatic nitrogens is 4. The van der Waals surface area contributed by atoms with Gasteiger partial charge in [-0.2, -0.15) is 5.21 Å². The lowest BCUT2D eigenvalue weighted by molar-refractivity contribution is 0.327. The first-order chi connectivity index (χ1) is 12.2. The number of H-pyrrole nitrogens is 1. The highest BCUT2D eigenvalue weighted by molar-refractivity contribution is 5.59. The van der Waals surface area contributed by atoms with E-state index in [1.54, 1.807) is 18.2 Å². The van der Waals surface area contributed by atoms with Crippen LogP contribution in [0, 0.1) is 11.6 Å². The maximum Gasteiger partial charge on any atom is 0.205 e. The van der Waals surface area contributed by atoms with Gasteiger partial charge in [-0.3, -0.25) is 4.90 Å². The lowest BCUT2D eigenvalue weighted by atomic mass is 9.98. The Morgan fingerprint density at radius 3 is 2.80 bits per heavy atom. The van der Waals surface area contributed by atoms with Crippen LogP contribution < -0.4 is 0 Å². The van der Waals surface area contributed by atoms with Gasteiger partial charge in [0, 0.05) is 18.7 Å². The van der Waals surface area contributed by atoms with Crippen LogP contribution in [0.4, 0.5) is 8.78 Å². The predicted octanol–water partition coefficient (Wildman–Crippen LogP) is 3.13. The Morgan fingerprint density at radius 1 is 1.12 bits per heavy atom. The number of aromatic amines is 1. The van der Waals surface area contributed by atoms with Crippen molar-refractivity contribution in [3.05, 3.63) is 65.2 Å². The Hall–Kier alpha value is -2.67. The lowest BCUT2D eigenvalue weighted by Crippen LogP contribution is -2.20. The quantitative estimate of drug-likeness (QED) is 0.792. The van der Waals surface area contributed by atoms with Crippen molar-refractivity contribution in [2.75, 3.05) is 13.1 Å². The molecule has 3 aromatic rings. The average Bonchev–Trinajstić information content (AvgIpc) is 3.28. The summed E-state index contributed by atoms with van der Waals surface area (Å²) in [4.78, 5) is 2.28. The predicted molar refractivity (Wildman–Crippen MR) is 88.6 cm³/mol. The van der Waals surface area contributed by atoms with Gasteiger partial charge < -0.3 is 0 Å². The minimum absolute atomic E-state index is 0.200. The van der Waals surface area contributed by atoms with Gasteiger partial charge in [0.05, 0.1) is 0 Å². The first kappa shape index (κ1) is 15.8. The molecule has 0 amide bonds. The van der Waals surface area contributed by atoms with Crippen LogP contribution in [0.3, 0.4) is 0 Å². The first-order valence-electron chi connectivity index (χ1n) is 8.19. The molecule has 0 saturated carbocycles. The van der Waals surface area contributed by atoms with Crippen LogP contribution in [0.1, 0.15) is 23.5 Å². The van der Waals surface area contributed by atoms with Gasteiger partial charge >= 0.3 is 0 Å². The number of halogens is 2. The van der Waals surface area contributed by atoms with E-state index in [1.165, 1.54) is 18.2 Å². The van der Waals surface area contributed by atoms with Crippen LogP contribution in [0.25, 0.3) is 11.4 Å². The van der Waals surface area contributed by atoms with E-state index in [2.05, 4.69) is 25.5 Å². The zero-order valence-electron chi connectivity index (χ0n) is 13.5. The second-order valence-electron chi connectivity index (χ2n) is 6.31. The molecule has 1 fully saturated rings. The van der Waals surface area contributed by atoms with E-state index in [1.807, 2.05) is 6.07 Å². The molecule has 1 aromatic heterocycles. The molecule has 0 aliphatic carbocycles. The fourth-order valence-corrected chi connectivity index (χ4v) is 3.42. The molecule has 128 valence electrons. The van der Waals surface area contributed by atoms with E-state index in [-0.39, 0.29) is 11.6 Å². The Kier molecular flexibility index (Phi) is 4.23. The molecule has 1 aliphatic rings. The minimum atomic E-state index is -0.331. The number of nitrogens with zero attached hydrogens (tertiary/aromatic N) is 4. The largest absolute Gasteiger partial charge is 0.298 e. The molecule has 25 heavy (non-hydrogen) atoms. The van der Waals surface area contributed by atoms with E-state index in [4.69, 9.17) is 0 Å². The molecule has 0 radical (unpaired) electrons. The molecule has 7 heteroatoms. The third-order valence-electron chi connectivity index (χ3n) is 4.64. The Labute approximate surface area is 143 Å². The van der Waals surface area contributed by atoms with E-state index in [9.17, 15) is 8.78 Å². The summed E-state index contributed by atoms with van der Waals surface area (Å²) in [6.07, 6.45) is 0.974. The SMILES string of the molecule is Fc1cccc(C2CCN(Cc3ccc(F)cc3-c3nn[nH]n3)C2)c1. The molecule has 5 nitrogen and oxygen atoms in total. The normalized spacial score (nSPS) is 17.9. The fraction of sp³-hybridized carbons (Fsp3) is 0.278. The second-order valence-corrected chi connectivity index (χ2v) is 6.31. The summed E-state index contributed by atoms with van der Waals surface area (Å²) < 4.78 is 27.1. The summed E-state index contributed by atoms with van der Waals surface area (Å²) in [6.45, 7) is 2.41. The van der Waals surface area contributed by atoms with Crippen LogP contribution in [0.2, 0.25) is 0 Å². The third-order valence-corrected chi connectivity index (χ3v) is 4.64. The summed E-state index contributed by atoms with van der Waals surface area (Å²) in [7, 11) is 0. The van der Waals surface area contributed by atoms with Crippen molar-refractivity contribution in [2.45, 2.75) is 18.9 Å². The maximum absolute atomic E-state index is 13.6. The van der Waals surface area contributed by atoms with Crippen molar-refractivity contribution in [1.29, 1.82) is 0 Å². The Bertz CT molecular complexity index is 866. The number of benzene rings is 2. The molecule has 0 bridgehead atoms. The van der Waals surface area contributed by atoms with Gasteiger partial charge in [0.2, 0.25) is 5.82 Å². The number of tetrazole rings is 1. The molecule has 2 heterocycles. The van der Waals surface area contributed by atoms with Gasteiger partial charge in [0.15, 0.2) is 0 Å². The molecule has 1 atom stereocenters. The van der Waals surface area contributed by atoms with Crippen molar-refractivity contribution in [3.8, 4) is 11.4 Å². The smallest absolute Gasteiger partial charge is 0.205 e. The standard InChI is InChI=1S/C18H17F2N5/c19-15-3-1-2-12(8-15)13-6-7-25(10-13)11-14-4-5-16(20)9-17(14)18-21-23-24-22-18/h1-5,8-9,13H,6-7,10-11H2,(H,21,22,23,24). The van der Waals surface area contributed by atoms with Gasteiger partial charge in [0.25, 0.3) is 0 Å². The summed E-state index contributed by atoms with van der Waals surface area (Å²) in [5, 5.41) is 13.9. The number of likely N-dealkylation sites (tertiary alicyclic amines) is 1. The number of hydrogen-bond donors (Lipinski definition) is 1. The van der Waals surface area contributed by atoms with E-state index >= 15 is 0 Å². The highest BCUT2D eigenvalue weighted by atomic mass is 19.1. The maximum atomic E-state index is 13.6. The van der Waals surface area contributed by atoms with Gasteiger partial charge in [-0.05, 0) is 59.5 Å². The van der Waals surface area contributed by atoms with Crippen LogP contribution in [0.5, 0.6) is 0 Å². The van der Waals surface area contributed by atoms with E-state index in [0.717, 1.165) is 30.6 Å². The first-order valence-corrected chi connectivity index (χ1v) is 8.19. The molecular formula is C18H17F2N5. The monoisotopic (exact) mass is 341 g/mol. The van der Waals surface area contributed by atoms with Gasteiger partial charge in [0.1, 0.15) is 11.6 Å². The van der Waals surface area contributed by atoms with Crippen LogP contribution in [-0.4, -0.2) is 38.6 Å². The topological polar surface area (TPSA) is 57.7 Å². The molecule has 4 rings (SSSR count). The molecule has 0 spiro atoms. The molecular weight excluding hydrogens is 324 g/mol. The summed E-state index contributed by atoms with van der Waals surface area (Å²) in [6, 6.07) is 11.4. The van der Waals surface area contributed by atoms with Gasteiger partial charge in [-0.15, -0.1) is 10.2 Å². The fourth-order valence-electron chi connectivity index (χ4n) is 3.42. The van der Waals surface area contributed by atoms with Crippen molar-refractivity contribution < 1.29 is 8.78 Å². The lowest BCUT2D eigenvalue weighted by Gasteiger charge is -2.18. The van der Waals surface area contributed by atoms with Crippen molar-refractivity contribution in [1.82, 2.24) is 25.5 Å². The van der Waals surface area contributed by atoms with Crippen LogP contribution >= 0.6 is 0 Å². The van der Waals surface area contributed by atoms with Gasteiger partial charge in [-0.25, -0.2) is 8.78 Å². The summed E-state index contributed by atoms with van der Waals surface area (Å²) >= 11 is 0. The van der Waals surface area contributed by atoms with Crippen LogP contribution in [-0.2, 0) is 6.54 Å². The Morgan fingerprint density at radius 2 is 2.00 bits per heavy atom. The van der Waals surface area contributed by atoms with Gasteiger partial charge in [-0.1, -0.05) is 18.2 Å². The molecule has 2 aromatic carbocycles. The zero-order chi connectivity index (χ0) is 17.2. The highest BCUT2D eigenvalue weighted by Crippen LogP contribution is 2.30. The number of nitrogens with one attached hydrogen (secondary N) is 1. The Balaban J connectivity index is 1.52. The summed E-state index contributed by atoms with van der Waals surface area (Å²) in [5.74, 6) is 0.164. The zero-order valence-corrected chi connectivity index (χ0v) is 13.5. The van der Waals surface area contributed by atoms with Crippen molar-refractivity contribution >= 4 is 0 Å². The van der Waals surface area contributed by atoms with E-state index in [0.29, 0.717) is 23.9 Å². The van der Waals surface area contributed by atoms with Crippen molar-refractivity contribution in [3.63, 3.8) is 0 Å². The van der Waals surface area contributed by atoms with Crippen LogP contribution in [0.15, 0.2) is 42.5 Å². The third kappa shape index (κ3) is 3.41. The average molecular weight is 341 g/mol. The van der Waals surface area contributed by atoms with E-state index < -0.39 is 0 Å². The molecule has 1 N–H and O–H groups in total. The van der Waals surface area contributed by atoms with Crippen molar-refractivity contribution in [2.24, 2.45) is 0 Å². The highest BCUT2D eigenvalue weighted by Gasteiger charge is 2.25. The molecule has 1 saturated heterocycles. The minimum Gasteiger partial charge on any atom is -0.298 e. The second kappa shape index (κ2) is 6.68. The number of rotatable bonds is 4.